The molecule has 0 aromatic rings. The lowest BCUT2D eigenvalue weighted by Crippen LogP contribution is -2.56. The van der Waals surface area contributed by atoms with E-state index in [0.29, 0.717) is 32.6 Å². The van der Waals surface area contributed by atoms with Gasteiger partial charge in [-0.05, 0) is 19.3 Å². The highest BCUT2D eigenvalue weighted by molar-refractivity contribution is 5.80. The predicted molar refractivity (Wildman–Crippen MR) is 73.7 cm³/mol. The van der Waals surface area contributed by atoms with Crippen molar-refractivity contribution in [2.24, 2.45) is 0 Å². The van der Waals surface area contributed by atoms with Gasteiger partial charge in [-0.25, -0.2) is 4.79 Å². The van der Waals surface area contributed by atoms with Crippen molar-refractivity contribution in [1.82, 2.24) is 14.7 Å². The van der Waals surface area contributed by atoms with Crippen molar-refractivity contribution in [2.75, 3.05) is 26.2 Å². The fraction of sp³-hybridized carbons (Fsp3) is 0.786. The van der Waals surface area contributed by atoms with Crippen LogP contribution in [0.2, 0.25) is 0 Å². The molecule has 21 heavy (non-hydrogen) atoms. The monoisotopic (exact) mass is 295 g/mol. The molecule has 0 bridgehead atoms. The first-order chi connectivity index (χ1) is 10.1. The molecule has 3 fully saturated rings. The summed E-state index contributed by atoms with van der Waals surface area (Å²) in [7, 11) is 0. The summed E-state index contributed by atoms with van der Waals surface area (Å²) < 4.78 is 0. The number of carbonyl (C=O) groups is 3. The van der Waals surface area contributed by atoms with Crippen LogP contribution in [0, 0.1) is 0 Å². The Kier molecular flexibility index (Phi) is 3.73. The topological polar surface area (TPSA) is 81.2 Å². The van der Waals surface area contributed by atoms with Crippen LogP contribution in [0.5, 0.6) is 0 Å². The summed E-state index contributed by atoms with van der Waals surface area (Å²) in [6, 6.07) is -0.0910. The van der Waals surface area contributed by atoms with Crippen molar-refractivity contribution in [1.29, 1.82) is 0 Å². The molecule has 1 N–H and O–H groups in total. The van der Waals surface area contributed by atoms with Crippen LogP contribution in [0.25, 0.3) is 0 Å². The lowest BCUT2D eigenvalue weighted by Gasteiger charge is -2.40. The predicted octanol–water partition coefficient (Wildman–Crippen LogP) is 0.352. The molecule has 3 aliphatic rings. The number of carboxylic acid groups (broad SMARTS) is 1. The second-order valence-electron chi connectivity index (χ2n) is 6.10. The average molecular weight is 295 g/mol. The Morgan fingerprint density at radius 2 is 2.00 bits per heavy atom. The van der Waals surface area contributed by atoms with Crippen LogP contribution in [0.4, 0.5) is 4.79 Å². The Morgan fingerprint density at radius 3 is 2.76 bits per heavy atom. The molecular formula is C14H21N3O4. The third-order valence-electron chi connectivity index (χ3n) is 4.80. The van der Waals surface area contributed by atoms with Gasteiger partial charge in [0.2, 0.25) is 5.91 Å². The number of hydrogen-bond donors (Lipinski definition) is 1. The van der Waals surface area contributed by atoms with E-state index in [0.717, 1.165) is 19.3 Å². The number of fused-ring (bicyclic) bond motifs is 1. The van der Waals surface area contributed by atoms with Crippen LogP contribution < -0.4 is 0 Å². The number of nitrogens with zero attached hydrogens (tertiary/aromatic N) is 3. The third kappa shape index (κ3) is 2.69. The molecule has 3 aliphatic heterocycles. The van der Waals surface area contributed by atoms with Crippen LogP contribution in [-0.4, -0.2) is 76.0 Å². The number of piperazine rings is 1. The van der Waals surface area contributed by atoms with Crippen LogP contribution in [-0.2, 0) is 9.59 Å². The number of amides is 3. The first-order valence-corrected chi connectivity index (χ1v) is 7.63. The number of aliphatic carboxylic acids is 1. The van der Waals surface area contributed by atoms with E-state index in [1.54, 1.807) is 9.80 Å². The second kappa shape index (κ2) is 5.54. The molecule has 3 rings (SSSR count). The summed E-state index contributed by atoms with van der Waals surface area (Å²) in [5.74, 6) is -0.664. The van der Waals surface area contributed by atoms with Gasteiger partial charge in [0.1, 0.15) is 0 Å². The molecule has 0 radical (unpaired) electrons. The Balaban J connectivity index is 1.63. The van der Waals surface area contributed by atoms with Gasteiger partial charge in [-0.1, -0.05) is 0 Å². The highest BCUT2D eigenvalue weighted by atomic mass is 16.4. The molecule has 3 amide bonds. The van der Waals surface area contributed by atoms with Crippen LogP contribution in [0.1, 0.15) is 32.1 Å². The van der Waals surface area contributed by atoms with E-state index in [1.807, 2.05) is 4.90 Å². The molecule has 2 unspecified atom stereocenters. The van der Waals surface area contributed by atoms with Crippen LogP contribution >= 0.6 is 0 Å². The normalized spacial score (nSPS) is 29.0. The maximum Gasteiger partial charge on any atom is 0.320 e. The first-order valence-electron chi connectivity index (χ1n) is 7.63. The van der Waals surface area contributed by atoms with Crippen molar-refractivity contribution >= 4 is 17.9 Å². The van der Waals surface area contributed by atoms with Gasteiger partial charge in [-0.3, -0.25) is 9.59 Å². The minimum Gasteiger partial charge on any atom is -0.481 e. The van der Waals surface area contributed by atoms with Crippen LogP contribution in [0.3, 0.4) is 0 Å². The molecule has 0 aromatic heterocycles. The molecular weight excluding hydrogens is 274 g/mol. The lowest BCUT2D eigenvalue weighted by atomic mass is 10.1. The van der Waals surface area contributed by atoms with Crippen molar-refractivity contribution < 1.29 is 19.5 Å². The molecule has 7 nitrogen and oxygen atoms in total. The molecule has 7 heteroatoms. The number of carboxylic acids is 1. The van der Waals surface area contributed by atoms with Gasteiger partial charge in [0.25, 0.3) is 0 Å². The quantitative estimate of drug-likeness (QED) is 0.797. The highest BCUT2D eigenvalue weighted by Crippen LogP contribution is 2.26. The molecule has 0 aliphatic carbocycles. The zero-order valence-corrected chi connectivity index (χ0v) is 12.0. The van der Waals surface area contributed by atoms with Gasteiger partial charge < -0.3 is 19.8 Å². The second-order valence-corrected chi connectivity index (χ2v) is 6.10. The minimum absolute atomic E-state index is 0.0214. The minimum atomic E-state index is -0.856. The van der Waals surface area contributed by atoms with E-state index in [9.17, 15) is 14.4 Å². The largest absolute Gasteiger partial charge is 0.481 e. The Hall–Kier alpha value is -1.79. The van der Waals surface area contributed by atoms with E-state index < -0.39 is 5.97 Å². The molecule has 0 aromatic carbocycles. The van der Waals surface area contributed by atoms with Gasteiger partial charge in [0.05, 0.1) is 6.42 Å². The van der Waals surface area contributed by atoms with E-state index >= 15 is 0 Å². The summed E-state index contributed by atoms with van der Waals surface area (Å²) in [5, 5.41) is 8.94. The number of hydrogen-bond acceptors (Lipinski definition) is 3. The zero-order valence-electron chi connectivity index (χ0n) is 12.0. The van der Waals surface area contributed by atoms with Gasteiger partial charge in [-0.2, -0.15) is 0 Å². The maximum atomic E-state index is 12.6. The summed E-state index contributed by atoms with van der Waals surface area (Å²) in [6.07, 6.45) is 3.05. The van der Waals surface area contributed by atoms with E-state index in [2.05, 4.69) is 0 Å². The van der Waals surface area contributed by atoms with Crippen molar-refractivity contribution in [3.05, 3.63) is 0 Å². The van der Waals surface area contributed by atoms with E-state index in [4.69, 9.17) is 5.11 Å². The van der Waals surface area contributed by atoms with Crippen molar-refractivity contribution in [3.8, 4) is 0 Å². The zero-order chi connectivity index (χ0) is 15.0. The number of likely N-dealkylation sites (tertiary alicyclic amines) is 1. The van der Waals surface area contributed by atoms with Gasteiger partial charge in [-0.15, -0.1) is 0 Å². The Labute approximate surface area is 123 Å². The Morgan fingerprint density at radius 1 is 1.19 bits per heavy atom. The van der Waals surface area contributed by atoms with E-state index in [1.165, 1.54) is 0 Å². The van der Waals surface area contributed by atoms with Crippen LogP contribution in [0.15, 0.2) is 0 Å². The Bertz CT molecular complexity index is 467. The summed E-state index contributed by atoms with van der Waals surface area (Å²) in [5.41, 5.74) is 0. The van der Waals surface area contributed by atoms with Gasteiger partial charge in [0.15, 0.2) is 0 Å². The summed E-state index contributed by atoms with van der Waals surface area (Å²) in [4.78, 5) is 40.5. The number of urea groups is 1. The molecule has 0 spiro atoms. The molecule has 0 saturated carbocycles. The van der Waals surface area contributed by atoms with Crippen molar-refractivity contribution in [3.63, 3.8) is 0 Å². The number of rotatable bonds is 2. The molecule has 3 heterocycles. The number of carbonyl (C=O) groups excluding carboxylic acids is 2. The van der Waals surface area contributed by atoms with Gasteiger partial charge >= 0.3 is 12.0 Å². The SMILES string of the molecule is O=C(O)CC1CCCN1C(=O)N1CCN2C(=O)CCC2C1. The van der Waals surface area contributed by atoms with Gasteiger partial charge in [0, 0.05) is 44.7 Å². The summed E-state index contributed by atoms with van der Waals surface area (Å²) >= 11 is 0. The molecule has 116 valence electrons. The standard InChI is InChI=1S/C14H21N3O4/c18-12-4-3-11-9-15(6-7-16(11)12)14(21)17-5-1-2-10(17)8-13(19)20/h10-11H,1-9H2,(H,19,20). The third-order valence-corrected chi connectivity index (χ3v) is 4.80. The maximum absolute atomic E-state index is 12.6. The van der Waals surface area contributed by atoms with Crippen molar-refractivity contribution in [2.45, 2.75) is 44.2 Å². The summed E-state index contributed by atoms with van der Waals surface area (Å²) in [6.45, 7) is 2.38. The fourth-order valence-electron chi connectivity index (χ4n) is 3.72. The highest BCUT2D eigenvalue weighted by Gasteiger charge is 2.40. The smallest absolute Gasteiger partial charge is 0.320 e. The first kappa shape index (κ1) is 14.2. The lowest BCUT2D eigenvalue weighted by molar-refractivity contribution is -0.138. The van der Waals surface area contributed by atoms with E-state index in [-0.39, 0.29) is 30.4 Å². The molecule has 3 saturated heterocycles. The fourth-order valence-corrected chi connectivity index (χ4v) is 3.72. The molecule has 2 atom stereocenters. The average Bonchev–Trinajstić information content (AvgIpc) is 3.04.